The number of amides is 2. The molecule has 0 saturated heterocycles. The molecule has 104 valence electrons. The van der Waals surface area contributed by atoms with E-state index < -0.39 is 12.0 Å². The summed E-state index contributed by atoms with van der Waals surface area (Å²) in [5, 5.41) is 13.6. The Kier molecular flexibility index (Phi) is 4.09. The van der Waals surface area contributed by atoms with Crippen molar-refractivity contribution < 1.29 is 14.7 Å². The van der Waals surface area contributed by atoms with Crippen LogP contribution in [0.15, 0.2) is 17.5 Å². The van der Waals surface area contributed by atoms with Crippen LogP contribution in [0.4, 0.5) is 4.79 Å². The number of aliphatic carboxylic acids is 1. The summed E-state index contributed by atoms with van der Waals surface area (Å²) in [7, 11) is 1.71. The van der Waals surface area contributed by atoms with Crippen LogP contribution in [0.2, 0.25) is 0 Å². The molecule has 0 aromatic carbocycles. The molecule has 2 unspecified atom stereocenters. The molecule has 2 N–H and O–H groups in total. The molecule has 1 aliphatic rings. The van der Waals surface area contributed by atoms with Gasteiger partial charge in [-0.1, -0.05) is 6.07 Å². The Balaban J connectivity index is 2.00. The second-order valence-electron chi connectivity index (χ2n) is 4.93. The number of hydrogen-bond acceptors (Lipinski definition) is 3. The fourth-order valence-electron chi connectivity index (χ4n) is 2.02. The monoisotopic (exact) mass is 282 g/mol. The van der Waals surface area contributed by atoms with Crippen LogP contribution >= 0.6 is 11.3 Å². The van der Waals surface area contributed by atoms with Crippen LogP contribution in [0.5, 0.6) is 0 Å². The highest BCUT2D eigenvalue weighted by atomic mass is 32.1. The normalized spacial score (nSPS) is 17.6. The second kappa shape index (κ2) is 5.61. The lowest BCUT2D eigenvalue weighted by Gasteiger charge is -2.26. The van der Waals surface area contributed by atoms with Gasteiger partial charge in [-0.25, -0.2) is 9.59 Å². The molecule has 19 heavy (non-hydrogen) atoms. The van der Waals surface area contributed by atoms with Gasteiger partial charge in [0.05, 0.1) is 0 Å². The molecule has 1 fully saturated rings. The smallest absolute Gasteiger partial charge is 0.331 e. The molecular weight excluding hydrogens is 264 g/mol. The zero-order chi connectivity index (χ0) is 14.0. The molecule has 6 heteroatoms. The molecule has 0 bridgehead atoms. The molecular formula is C13H18N2O3S. The fourth-order valence-corrected chi connectivity index (χ4v) is 2.78. The summed E-state index contributed by atoms with van der Waals surface area (Å²) >= 11 is 1.33. The van der Waals surface area contributed by atoms with Crippen LogP contribution in [0.3, 0.4) is 0 Å². The van der Waals surface area contributed by atoms with Gasteiger partial charge in [0.25, 0.3) is 0 Å². The van der Waals surface area contributed by atoms with Crippen molar-refractivity contribution in [2.45, 2.75) is 31.8 Å². The predicted octanol–water partition coefficient (Wildman–Crippen LogP) is 2.31. The van der Waals surface area contributed by atoms with Crippen molar-refractivity contribution in [2.75, 3.05) is 7.05 Å². The van der Waals surface area contributed by atoms with Gasteiger partial charge in [-0.05, 0) is 37.1 Å². The molecule has 1 aromatic rings. The van der Waals surface area contributed by atoms with Crippen LogP contribution in [0.25, 0.3) is 0 Å². The first-order valence-electron chi connectivity index (χ1n) is 6.30. The minimum absolute atomic E-state index is 0.151. The summed E-state index contributed by atoms with van der Waals surface area (Å²) in [6.07, 6.45) is 2.29. The first kappa shape index (κ1) is 13.9. The second-order valence-corrected chi connectivity index (χ2v) is 5.90. The summed E-state index contributed by atoms with van der Waals surface area (Å²) in [6.45, 7) is 2.00. The zero-order valence-electron chi connectivity index (χ0n) is 11.0. The highest BCUT2D eigenvalue weighted by molar-refractivity contribution is 7.10. The van der Waals surface area contributed by atoms with E-state index in [4.69, 9.17) is 0 Å². The van der Waals surface area contributed by atoms with Crippen molar-refractivity contribution in [1.82, 2.24) is 10.2 Å². The van der Waals surface area contributed by atoms with Gasteiger partial charge in [-0.3, -0.25) is 0 Å². The predicted molar refractivity (Wildman–Crippen MR) is 73.2 cm³/mol. The number of nitrogens with one attached hydrogen (secondary N) is 1. The van der Waals surface area contributed by atoms with E-state index in [2.05, 4.69) is 5.32 Å². The topological polar surface area (TPSA) is 69.6 Å². The molecule has 0 spiro atoms. The third-order valence-corrected chi connectivity index (χ3v) is 4.52. The summed E-state index contributed by atoms with van der Waals surface area (Å²) in [5.41, 5.74) is 0. The van der Waals surface area contributed by atoms with Crippen molar-refractivity contribution in [3.05, 3.63) is 22.4 Å². The number of urea groups is 1. The maximum Gasteiger partial charge on any atom is 0.331 e. The van der Waals surface area contributed by atoms with Crippen LogP contribution in [-0.4, -0.2) is 35.1 Å². The van der Waals surface area contributed by atoms with E-state index in [0.717, 1.165) is 12.8 Å². The number of thiophene rings is 1. The molecule has 5 nitrogen and oxygen atoms in total. The van der Waals surface area contributed by atoms with Gasteiger partial charge in [0.15, 0.2) is 6.04 Å². The van der Waals surface area contributed by atoms with E-state index in [1.54, 1.807) is 29.5 Å². The van der Waals surface area contributed by atoms with E-state index in [0.29, 0.717) is 10.8 Å². The molecule has 1 aliphatic carbocycles. The Morgan fingerprint density at radius 2 is 2.21 bits per heavy atom. The SMILES string of the molecule is CC(C1CC1)N(C)C(=O)NC(C(=O)O)c1cccs1. The van der Waals surface area contributed by atoms with Gasteiger partial charge in [-0.2, -0.15) is 0 Å². The van der Waals surface area contributed by atoms with Crippen LogP contribution in [0.1, 0.15) is 30.7 Å². The molecule has 1 heterocycles. The lowest BCUT2D eigenvalue weighted by Crippen LogP contribution is -2.46. The molecule has 2 atom stereocenters. The van der Waals surface area contributed by atoms with Gasteiger partial charge in [-0.15, -0.1) is 11.3 Å². The number of carbonyl (C=O) groups excluding carboxylic acids is 1. The van der Waals surface area contributed by atoms with Gasteiger partial charge >= 0.3 is 12.0 Å². The minimum Gasteiger partial charge on any atom is -0.479 e. The quantitative estimate of drug-likeness (QED) is 0.870. The average molecular weight is 282 g/mol. The molecule has 1 saturated carbocycles. The zero-order valence-corrected chi connectivity index (χ0v) is 11.8. The fraction of sp³-hybridized carbons (Fsp3) is 0.538. The van der Waals surface area contributed by atoms with E-state index in [9.17, 15) is 14.7 Å². The third-order valence-electron chi connectivity index (χ3n) is 3.58. The maximum atomic E-state index is 12.1. The van der Waals surface area contributed by atoms with Crippen molar-refractivity contribution >= 4 is 23.3 Å². The van der Waals surface area contributed by atoms with Gasteiger partial charge in [0, 0.05) is 18.0 Å². The van der Waals surface area contributed by atoms with Gasteiger partial charge < -0.3 is 15.3 Å². The number of carbonyl (C=O) groups is 2. The largest absolute Gasteiger partial charge is 0.479 e. The van der Waals surface area contributed by atoms with Crippen LogP contribution < -0.4 is 5.32 Å². The standard InChI is InChI=1S/C13H18N2O3S/c1-8(9-5-6-9)15(2)13(18)14-11(12(16)17)10-4-3-7-19-10/h3-4,7-9,11H,5-6H2,1-2H3,(H,14,18)(H,16,17). The Bertz CT molecular complexity index is 456. The van der Waals surface area contributed by atoms with Crippen LogP contribution in [0, 0.1) is 5.92 Å². The van der Waals surface area contributed by atoms with E-state index in [-0.39, 0.29) is 12.1 Å². The van der Waals surface area contributed by atoms with E-state index in [1.807, 2.05) is 6.92 Å². The third kappa shape index (κ3) is 3.26. The summed E-state index contributed by atoms with van der Waals surface area (Å²) in [6, 6.07) is 2.34. The number of carboxylic acid groups (broad SMARTS) is 1. The number of hydrogen-bond donors (Lipinski definition) is 2. The highest BCUT2D eigenvalue weighted by Gasteiger charge is 2.33. The van der Waals surface area contributed by atoms with Gasteiger partial charge in [0.1, 0.15) is 0 Å². The van der Waals surface area contributed by atoms with E-state index in [1.165, 1.54) is 11.3 Å². The summed E-state index contributed by atoms with van der Waals surface area (Å²) in [4.78, 5) is 25.6. The van der Waals surface area contributed by atoms with Crippen molar-refractivity contribution in [3.63, 3.8) is 0 Å². The molecule has 2 amide bonds. The van der Waals surface area contributed by atoms with Crippen molar-refractivity contribution in [3.8, 4) is 0 Å². The lowest BCUT2D eigenvalue weighted by molar-refractivity contribution is -0.139. The Labute approximate surface area is 116 Å². The molecule has 2 rings (SSSR count). The Morgan fingerprint density at radius 3 is 2.68 bits per heavy atom. The Morgan fingerprint density at radius 1 is 1.53 bits per heavy atom. The highest BCUT2D eigenvalue weighted by Crippen LogP contribution is 2.34. The maximum absolute atomic E-state index is 12.1. The van der Waals surface area contributed by atoms with Crippen LogP contribution in [-0.2, 0) is 4.79 Å². The Hall–Kier alpha value is -1.56. The molecule has 0 radical (unpaired) electrons. The first-order chi connectivity index (χ1) is 9.00. The number of nitrogens with zero attached hydrogens (tertiary/aromatic N) is 1. The van der Waals surface area contributed by atoms with E-state index >= 15 is 0 Å². The first-order valence-corrected chi connectivity index (χ1v) is 7.18. The molecule has 0 aliphatic heterocycles. The van der Waals surface area contributed by atoms with Crippen molar-refractivity contribution in [2.24, 2.45) is 5.92 Å². The van der Waals surface area contributed by atoms with Gasteiger partial charge in [0.2, 0.25) is 0 Å². The number of carboxylic acids is 1. The summed E-state index contributed by atoms with van der Waals surface area (Å²) in [5.74, 6) is -0.482. The summed E-state index contributed by atoms with van der Waals surface area (Å²) < 4.78 is 0. The number of rotatable bonds is 5. The van der Waals surface area contributed by atoms with Crippen molar-refractivity contribution in [1.29, 1.82) is 0 Å². The average Bonchev–Trinajstić information content (AvgIpc) is 3.09. The lowest BCUT2D eigenvalue weighted by atomic mass is 10.2. The molecule has 1 aromatic heterocycles. The minimum atomic E-state index is -1.04.